The maximum atomic E-state index is 12.2. The van der Waals surface area contributed by atoms with Crippen LogP contribution >= 0.6 is 0 Å². The maximum Gasteiger partial charge on any atom is 0.234 e. The highest BCUT2D eigenvalue weighted by molar-refractivity contribution is 5.78. The van der Waals surface area contributed by atoms with E-state index >= 15 is 0 Å². The van der Waals surface area contributed by atoms with Crippen molar-refractivity contribution < 1.29 is 4.79 Å². The molecule has 3 rings (SSSR count). The van der Waals surface area contributed by atoms with Crippen molar-refractivity contribution in [1.82, 2.24) is 15.1 Å². The fourth-order valence-electron chi connectivity index (χ4n) is 3.69. The van der Waals surface area contributed by atoms with Crippen LogP contribution in [0.5, 0.6) is 0 Å². The highest BCUT2D eigenvalue weighted by Gasteiger charge is 2.27. The Balaban J connectivity index is 1.64. The van der Waals surface area contributed by atoms with Crippen LogP contribution in [-0.4, -0.2) is 54.5 Å². The van der Waals surface area contributed by atoms with Gasteiger partial charge in [-0.15, -0.1) is 0 Å². The molecule has 1 amide bonds. The Morgan fingerprint density at radius 3 is 1.93 bits per heavy atom. The molecule has 1 heterocycles. The molecular formula is C23H31N3O. The predicted octanol–water partition coefficient (Wildman–Crippen LogP) is 3.31. The van der Waals surface area contributed by atoms with Crippen molar-refractivity contribution in [2.24, 2.45) is 0 Å². The Hall–Kier alpha value is -2.17. The Kier molecular flexibility index (Phi) is 7.02. The topological polar surface area (TPSA) is 35.6 Å². The zero-order valence-electron chi connectivity index (χ0n) is 16.5. The van der Waals surface area contributed by atoms with Crippen molar-refractivity contribution in [1.29, 1.82) is 0 Å². The monoisotopic (exact) mass is 365 g/mol. The lowest BCUT2D eigenvalue weighted by Gasteiger charge is -2.39. The van der Waals surface area contributed by atoms with Gasteiger partial charge in [-0.2, -0.15) is 0 Å². The van der Waals surface area contributed by atoms with E-state index < -0.39 is 0 Å². The average molecular weight is 366 g/mol. The van der Waals surface area contributed by atoms with Gasteiger partial charge < -0.3 is 5.32 Å². The summed E-state index contributed by atoms with van der Waals surface area (Å²) < 4.78 is 0. The summed E-state index contributed by atoms with van der Waals surface area (Å²) in [7, 11) is 0. The summed E-state index contributed by atoms with van der Waals surface area (Å²) in [6.45, 7) is 8.42. The summed E-state index contributed by atoms with van der Waals surface area (Å²) >= 11 is 0. The summed E-state index contributed by atoms with van der Waals surface area (Å²) in [6, 6.07) is 21.9. The first-order chi connectivity index (χ1) is 13.2. The van der Waals surface area contributed by atoms with Gasteiger partial charge in [0.25, 0.3) is 0 Å². The molecule has 2 aromatic rings. The summed E-state index contributed by atoms with van der Waals surface area (Å²) in [5.74, 6) is 0.139. The quantitative estimate of drug-likeness (QED) is 0.818. The fourth-order valence-corrected chi connectivity index (χ4v) is 3.69. The zero-order chi connectivity index (χ0) is 19.1. The first-order valence-corrected chi connectivity index (χ1v) is 10.0. The normalized spacial score (nSPS) is 17.0. The molecule has 4 nitrogen and oxygen atoms in total. The Bertz CT molecular complexity index is 657. The van der Waals surface area contributed by atoms with Crippen LogP contribution in [0.15, 0.2) is 60.7 Å². The molecule has 1 saturated heterocycles. The number of amides is 1. The highest BCUT2D eigenvalue weighted by atomic mass is 16.2. The molecular weight excluding hydrogens is 334 g/mol. The summed E-state index contributed by atoms with van der Waals surface area (Å²) in [6.07, 6.45) is 0.968. The Morgan fingerprint density at radius 2 is 1.44 bits per heavy atom. The van der Waals surface area contributed by atoms with Gasteiger partial charge in [0, 0.05) is 32.2 Å². The third-order valence-corrected chi connectivity index (χ3v) is 5.39. The van der Waals surface area contributed by atoms with E-state index in [1.54, 1.807) is 0 Å². The van der Waals surface area contributed by atoms with E-state index in [-0.39, 0.29) is 18.0 Å². The molecule has 144 valence electrons. The van der Waals surface area contributed by atoms with Crippen molar-refractivity contribution >= 4 is 5.91 Å². The molecule has 1 fully saturated rings. The van der Waals surface area contributed by atoms with Crippen LogP contribution in [0.1, 0.15) is 37.4 Å². The fraction of sp³-hybridized carbons (Fsp3) is 0.435. The molecule has 1 aliphatic heterocycles. The second-order valence-electron chi connectivity index (χ2n) is 7.41. The molecule has 1 N–H and O–H groups in total. The van der Waals surface area contributed by atoms with Crippen molar-refractivity contribution in [3.63, 3.8) is 0 Å². The molecule has 27 heavy (non-hydrogen) atoms. The van der Waals surface area contributed by atoms with Crippen molar-refractivity contribution in [3.05, 3.63) is 71.8 Å². The van der Waals surface area contributed by atoms with E-state index in [1.165, 1.54) is 11.1 Å². The molecule has 2 aromatic carbocycles. The number of nitrogens with one attached hydrogen (secondary N) is 1. The van der Waals surface area contributed by atoms with Gasteiger partial charge >= 0.3 is 0 Å². The van der Waals surface area contributed by atoms with Crippen LogP contribution < -0.4 is 5.32 Å². The summed E-state index contributed by atoms with van der Waals surface area (Å²) in [5, 5.41) is 3.07. The van der Waals surface area contributed by atoms with Crippen LogP contribution in [0.25, 0.3) is 0 Å². The van der Waals surface area contributed by atoms with E-state index in [0.29, 0.717) is 6.54 Å². The van der Waals surface area contributed by atoms with Crippen LogP contribution in [-0.2, 0) is 4.79 Å². The predicted molar refractivity (Wildman–Crippen MR) is 111 cm³/mol. The second-order valence-corrected chi connectivity index (χ2v) is 7.41. The number of hydrogen-bond acceptors (Lipinski definition) is 3. The zero-order valence-corrected chi connectivity index (χ0v) is 16.5. The van der Waals surface area contributed by atoms with E-state index in [1.807, 2.05) is 0 Å². The number of rotatable bonds is 7. The molecule has 4 heteroatoms. The number of carbonyl (C=O) groups excluding carboxylic acids is 1. The smallest absolute Gasteiger partial charge is 0.234 e. The molecule has 0 spiro atoms. The molecule has 0 unspecified atom stereocenters. The summed E-state index contributed by atoms with van der Waals surface area (Å²) in [5.41, 5.74) is 2.65. The molecule has 0 aromatic heterocycles. The minimum atomic E-state index is 0.139. The number of carbonyl (C=O) groups is 1. The Morgan fingerprint density at radius 1 is 0.926 bits per heavy atom. The van der Waals surface area contributed by atoms with Gasteiger partial charge in [-0.1, -0.05) is 67.6 Å². The lowest BCUT2D eigenvalue weighted by atomic mass is 9.96. The second kappa shape index (κ2) is 9.67. The highest BCUT2D eigenvalue weighted by Crippen LogP contribution is 2.29. The van der Waals surface area contributed by atoms with Crippen molar-refractivity contribution in [3.8, 4) is 0 Å². The molecule has 1 aliphatic rings. The van der Waals surface area contributed by atoms with Crippen LogP contribution in [0.2, 0.25) is 0 Å². The number of nitrogens with zero attached hydrogens (tertiary/aromatic N) is 2. The largest absolute Gasteiger partial charge is 0.353 e. The minimum absolute atomic E-state index is 0.139. The van der Waals surface area contributed by atoms with Crippen LogP contribution in [0, 0.1) is 0 Å². The van der Waals surface area contributed by atoms with E-state index in [9.17, 15) is 4.79 Å². The average Bonchev–Trinajstić information content (AvgIpc) is 2.71. The third kappa shape index (κ3) is 5.41. The lowest BCUT2D eigenvalue weighted by Crippen LogP contribution is -2.51. The van der Waals surface area contributed by atoms with Gasteiger partial charge in [-0.05, 0) is 24.5 Å². The number of piperazine rings is 1. The maximum absolute atomic E-state index is 12.2. The number of benzene rings is 2. The molecule has 1 atom stereocenters. The Labute approximate surface area is 163 Å². The van der Waals surface area contributed by atoms with Crippen LogP contribution in [0.3, 0.4) is 0 Å². The lowest BCUT2D eigenvalue weighted by molar-refractivity contribution is -0.123. The molecule has 0 bridgehead atoms. The van der Waals surface area contributed by atoms with Gasteiger partial charge in [0.2, 0.25) is 5.91 Å². The number of hydrogen-bond donors (Lipinski definition) is 1. The van der Waals surface area contributed by atoms with Gasteiger partial charge in [-0.3, -0.25) is 14.6 Å². The molecule has 0 radical (unpaired) electrons. The van der Waals surface area contributed by atoms with Gasteiger partial charge in [0.05, 0.1) is 12.6 Å². The van der Waals surface area contributed by atoms with E-state index in [0.717, 1.165) is 32.6 Å². The van der Waals surface area contributed by atoms with E-state index in [2.05, 4.69) is 89.6 Å². The van der Waals surface area contributed by atoms with Crippen LogP contribution in [0.4, 0.5) is 0 Å². The summed E-state index contributed by atoms with van der Waals surface area (Å²) in [4.78, 5) is 17.0. The van der Waals surface area contributed by atoms with E-state index in [4.69, 9.17) is 0 Å². The standard InChI is InChI=1S/C23H31N3O/c1-3-19(2)24-22(27)18-25-14-16-26(17-15-25)23(20-10-6-4-7-11-20)21-12-8-5-9-13-21/h4-13,19,23H,3,14-18H2,1-2H3,(H,24,27)/t19-/m1/s1. The van der Waals surface area contributed by atoms with Gasteiger partial charge in [0.15, 0.2) is 0 Å². The van der Waals surface area contributed by atoms with Gasteiger partial charge in [0.1, 0.15) is 0 Å². The first kappa shape index (κ1) is 19.6. The minimum Gasteiger partial charge on any atom is -0.353 e. The third-order valence-electron chi connectivity index (χ3n) is 5.39. The molecule has 0 aliphatic carbocycles. The van der Waals surface area contributed by atoms with Crippen molar-refractivity contribution in [2.75, 3.05) is 32.7 Å². The van der Waals surface area contributed by atoms with Crippen molar-refractivity contribution in [2.45, 2.75) is 32.4 Å². The molecule has 0 saturated carbocycles. The SMILES string of the molecule is CC[C@@H](C)NC(=O)CN1CCN(C(c2ccccc2)c2ccccc2)CC1. The first-order valence-electron chi connectivity index (χ1n) is 10.0. The van der Waals surface area contributed by atoms with Gasteiger partial charge in [-0.25, -0.2) is 0 Å².